The SMILES string of the molecule is CCCOc1ccc(C=CC(=O)N2CC[C@@H](N)C2)cc1OC. The molecule has 5 heteroatoms. The van der Waals surface area contributed by atoms with Crippen molar-refractivity contribution in [2.24, 2.45) is 5.73 Å². The summed E-state index contributed by atoms with van der Waals surface area (Å²) in [5.74, 6) is 1.39. The molecule has 1 aliphatic heterocycles. The van der Waals surface area contributed by atoms with E-state index >= 15 is 0 Å². The van der Waals surface area contributed by atoms with Gasteiger partial charge >= 0.3 is 0 Å². The molecule has 0 radical (unpaired) electrons. The number of benzene rings is 1. The zero-order valence-electron chi connectivity index (χ0n) is 13.2. The number of hydrogen-bond acceptors (Lipinski definition) is 4. The Bertz CT molecular complexity index is 543. The highest BCUT2D eigenvalue weighted by Crippen LogP contribution is 2.28. The molecule has 22 heavy (non-hydrogen) atoms. The van der Waals surface area contributed by atoms with E-state index in [4.69, 9.17) is 15.2 Å². The summed E-state index contributed by atoms with van der Waals surface area (Å²) in [7, 11) is 1.61. The molecule has 1 aliphatic rings. The number of rotatable bonds is 6. The highest BCUT2D eigenvalue weighted by Gasteiger charge is 2.21. The number of likely N-dealkylation sites (tertiary alicyclic amines) is 1. The molecule has 0 bridgehead atoms. The lowest BCUT2D eigenvalue weighted by atomic mass is 10.2. The van der Waals surface area contributed by atoms with Gasteiger partial charge in [0.1, 0.15) is 0 Å². The van der Waals surface area contributed by atoms with Crippen LogP contribution in [0.4, 0.5) is 0 Å². The number of amides is 1. The first-order valence-electron chi connectivity index (χ1n) is 7.67. The standard InChI is InChI=1S/C17H24N2O3/c1-3-10-22-15-6-4-13(11-16(15)21-2)5-7-17(20)19-9-8-14(18)12-19/h4-7,11,14H,3,8-10,12,18H2,1-2H3/t14-/m1/s1. The Morgan fingerprint density at radius 3 is 2.91 bits per heavy atom. The van der Waals surface area contributed by atoms with Gasteiger partial charge in [-0.1, -0.05) is 13.0 Å². The highest BCUT2D eigenvalue weighted by molar-refractivity contribution is 5.92. The van der Waals surface area contributed by atoms with Gasteiger partial charge in [0, 0.05) is 25.2 Å². The van der Waals surface area contributed by atoms with Gasteiger partial charge in [-0.3, -0.25) is 4.79 Å². The predicted molar refractivity (Wildman–Crippen MR) is 87.0 cm³/mol. The zero-order chi connectivity index (χ0) is 15.9. The summed E-state index contributed by atoms with van der Waals surface area (Å²) in [6.07, 6.45) is 5.19. The topological polar surface area (TPSA) is 64.8 Å². The Balaban J connectivity index is 2.02. The minimum absolute atomic E-state index is 0.00164. The van der Waals surface area contributed by atoms with Crippen LogP contribution in [0.15, 0.2) is 24.3 Å². The van der Waals surface area contributed by atoms with Gasteiger partial charge in [-0.15, -0.1) is 0 Å². The van der Waals surface area contributed by atoms with E-state index in [9.17, 15) is 4.79 Å². The average Bonchev–Trinajstić information content (AvgIpc) is 2.97. The molecule has 1 aromatic carbocycles. The van der Waals surface area contributed by atoms with Crippen molar-refractivity contribution >= 4 is 12.0 Å². The Kier molecular flexibility index (Phi) is 5.83. The summed E-state index contributed by atoms with van der Waals surface area (Å²) in [5.41, 5.74) is 6.72. The number of hydrogen-bond donors (Lipinski definition) is 1. The van der Waals surface area contributed by atoms with E-state index in [1.165, 1.54) is 0 Å². The first-order valence-corrected chi connectivity index (χ1v) is 7.67. The molecule has 0 saturated carbocycles. The largest absolute Gasteiger partial charge is 0.493 e. The first kappa shape index (κ1) is 16.4. The minimum atomic E-state index is -0.00164. The van der Waals surface area contributed by atoms with Gasteiger partial charge in [0.2, 0.25) is 5.91 Å². The van der Waals surface area contributed by atoms with E-state index in [-0.39, 0.29) is 11.9 Å². The van der Waals surface area contributed by atoms with Crippen LogP contribution in [0.3, 0.4) is 0 Å². The van der Waals surface area contributed by atoms with Crippen molar-refractivity contribution in [3.63, 3.8) is 0 Å². The molecule has 1 fully saturated rings. The molecule has 1 saturated heterocycles. The normalized spacial score (nSPS) is 18.0. The van der Waals surface area contributed by atoms with Gasteiger partial charge in [0.15, 0.2) is 11.5 Å². The van der Waals surface area contributed by atoms with Crippen LogP contribution < -0.4 is 15.2 Å². The molecular weight excluding hydrogens is 280 g/mol. The van der Waals surface area contributed by atoms with Gasteiger partial charge in [-0.25, -0.2) is 0 Å². The van der Waals surface area contributed by atoms with E-state index in [2.05, 4.69) is 6.92 Å². The Morgan fingerprint density at radius 1 is 1.45 bits per heavy atom. The molecule has 1 atom stereocenters. The third-order valence-electron chi connectivity index (χ3n) is 3.60. The van der Waals surface area contributed by atoms with Crippen molar-refractivity contribution < 1.29 is 14.3 Å². The molecule has 1 heterocycles. The lowest BCUT2D eigenvalue weighted by molar-refractivity contribution is -0.124. The second-order valence-corrected chi connectivity index (χ2v) is 5.43. The number of methoxy groups -OCH3 is 1. The van der Waals surface area contributed by atoms with E-state index in [0.717, 1.165) is 30.7 Å². The second-order valence-electron chi connectivity index (χ2n) is 5.43. The number of nitrogens with two attached hydrogens (primary N) is 1. The van der Waals surface area contributed by atoms with Crippen LogP contribution >= 0.6 is 0 Å². The van der Waals surface area contributed by atoms with E-state index in [1.54, 1.807) is 24.2 Å². The molecule has 120 valence electrons. The monoisotopic (exact) mass is 304 g/mol. The summed E-state index contributed by atoms with van der Waals surface area (Å²) < 4.78 is 10.9. The molecule has 1 aromatic rings. The molecule has 5 nitrogen and oxygen atoms in total. The first-order chi connectivity index (χ1) is 10.6. The van der Waals surface area contributed by atoms with Crippen LogP contribution in [-0.4, -0.2) is 43.7 Å². The van der Waals surface area contributed by atoms with Crippen LogP contribution in [0.1, 0.15) is 25.3 Å². The van der Waals surface area contributed by atoms with Crippen molar-refractivity contribution in [2.75, 3.05) is 26.8 Å². The quantitative estimate of drug-likeness (QED) is 0.817. The van der Waals surface area contributed by atoms with E-state index in [0.29, 0.717) is 18.9 Å². The molecule has 1 amide bonds. The predicted octanol–water partition coefficient (Wildman–Crippen LogP) is 2.06. The lowest BCUT2D eigenvalue weighted by Gasteiger charge is -2.13. The maximum absolute atomic E-state index is 12.1. The van der Waals surface area contributed by atoms with Gasteiger partial charge in [-0.05, 0) is 36.6 Å². The van der Waals surface area contributed by atoms with Crippen LogP contribution in [-0.2, 0) is 4.79 Å². The average molecular weight is 304 g/mol. The van der Waals surface area contributed by atoms with Gasteiger partial charge in [0.25, 0.3) is 0 Å². The maximum Gasteiger partial charge on any atom is 0.246 e. The number of carbonyl (C=O) groups excluding carboxylic acids is 1. The molecule has 0 aromatic heterocycles. The summed E-state index contributed by atoms with van der Waals surface area (Å²) in [4.78, 5) is 13.8. The maximum atomic E-state index is 12.1. The van der Waals surface area contributed by atoms with Gasteiger partial charge in [-0.2, -0.15) is 0 Å². The van der Waals surface area contributed by atoms with E-state index < -0.39 is 0 Å². The Hall–Kier alpha value is -2.01. The van der Waals surface area contributed by atoms with Crippen molar-refractivity contribution in [1.82, 2.24) is 4.90 Å². The highest BCUT2D eigenvalue weighted by atomic mass is 16.5. The summed E-state index contributed by atoms with van der Waals surface area (Å²) >= 11 is 0. The molecule has 0 unspecified atom stereocenters. The summed E-state index contributed by atoms with van der Waals surface area (Å²) in [6.45, 7) is 4.08. The third kappa shape index (κ3) is 4.24. The van der Waals surface area contributed by atoms with Crippen LogP contribution in [0.5, 0.6) is 11.5 Å². The minimum Gasteiger partial charge on any atom is -0.493 e. The van der Waals surface area contributed by atoms with Crippen molar-refractivity contribution in [3.05, 3.63) is 29.8 Å². The van der Waals surface area contributed by atoms with Crippen LogP contribution in [0.25, 0.3) is 6.08 Å². The Morgan fingerprint density at radius 2 is 2.27 bits per heavy atom. The zero-order valence-corrected chi connectivity index (χ0v) is 13.2. The summed E-state index contributed by atoms with van der Waals surface area (Å²) in [5, 5.41) is 0. The van der Waals surface area contributed by atoms with E-state index in [1.807, 2.05) is 18.2 Å². The molecule has 2 rings (SSSR count). The third-order valence-corrected chi connectivity index (χ3v) is 3.60. The molecule has 0 aliphatic carbocycles. The fraction of sp³-hybridized carbons (Fsp3) is 0.471. The molecular formula is C17H24N2O3. The number of ether oxygens (including phenoxy) is 2. The van der Waals surface area contributed by atoms with Gasteiger partial charge in [0.05, 0.1) is 13.7 Å². The number of carbonyl (C=O) groups is 1. The fourth-order valence-corrected chi connectivity index (χ4v) is 2.38. The van der Waals surface area contributed by atoms with Gasteiger partial charge < -0.3 is 20.1 Å². The van der Waals surface area contributed by atoms with Crippen molar-refractivity contribution in [3.8, 4) is 11.5 Å². The molecule has 2 N–H and O–H groups in total. The van der Waals surface area contributed by atoms with Crippen LogP contribution in [0, 0.1) is 0 Å². The lowest BCUT2D eigenvalue weighted by Crippen LogP contribution is -2.30. The second kappa shape index (κ2) is 7.84. The van der Waals surface area contributed by atoms with Crippen LogP contribution in [0.2, 0.25) is 0 Å². The molecule has 0 spiro atoms. The number of nitrogens with zero attached hydrogens (tertiary/aromatic N) is 1. The smallest absolute Gasteiger partial charge is 0.246 e. The summed E-state index contributed by atoms with van der Waals surface area (Å²) in [6, 6.07) is 5.74. The van der Waals surface area contributed by atoms with Crippen molar-refractivity contribution in [2.45, 2.75) is 25.8 Å². The van der Waals surface area contributed by atoms with Crippen molar-refractivity contribution in [1.29, 1.82) is 0 Å². The Labute approximate surface area is 131 Å². The fourth-order valence-electron chi connectivity index (χ4n) is 2.38.